The van der Waals surface area contributed by atoms with Crippen molar-refractivity contribution in [2.75, 3.05) is 0 Å². The Bertz CT molecular complexity index is 673. The lowest BCUT2D eigenvalue weighted by atomic mass is 9.97. The van der Waals surface area contributed by atoms with Gasteiger partial charge in [0.2, 0.25) is 5.82 Å². The van der Waals surface area contributed by atoms with Gasteiger partial charge in [0.25, 0.3) is 0 Å². The molecule has 111 valence electrons. The molecule has 0 saturated carbocycles. The van der Waals surface area contributed by atoms with Crippen LogP contribution in [0.4, 0.5) is 35.1 Å². The summed E-state index contributed by atoms with van der Waals surface area (Å²) in [5.41, 5.74) is -4.35. The summed E-state index contributed by atoms with van der Waals surface area (Å²) in [6.07, 6.45) is -5.05. The van der Waals surface area contributed by atoms with Gasteiger partial charge in [-0.25, -0.2) is 22.0 Å². The minimum absolute atomic E-state index is 0.355. The monoisotopic (exact) mass is 311 g/mol. The molecule has 0 aromatic heterocycles. The molecule has 0 bridgehead atoms. The molecule has 21 heavy (non-hydrogen) atoms. The minimum atomic E-state index is -5.05. The van der Waals surface area contributed by atoms with Crippen molar-refractivity contribution in [3.63, 3.8) is 0 Å². The molecule has 0 aliphatic carbocycles. The average molecular weight is 311 g/mol. The van der Waals surface area contributed by atoms with Crippen molar-refractivity contribution in [3.05, 3.63) is 58.9 Å². The number of rotatable bonds is 1. The van der Waals surface area contributed by atoms with Crippen molar-refractivity contribution in [2.24, 2.45) is 0 Å². The second-order valence-corrected chi connectivity index (χ2v) is 3.91. The van der Waals surface area contributed by atoms with Crippen molar-refractivity contribution >= 4 is 0 Å². The van der Waals surface area contributed by atoms with Gasteiger partial charge in [0.1, 0.15) is 0 Å². The zero-order valence-corrected chi connectivity index (χ0v) is 9.76. The Morgan fingerprint density at radius 3 is 1.71 bits per heavy atom. The standard InChI is InChI=1S/C13H3F8/c14-8-7(9(15)11(17)12(18)10(8)16)5-3-1-2-4-6(5)13(19,20)21/h1,3-4H. The normalized spacial score (nSPS) is 11.8. The summed E-state index contributed by atoms with van der Waals surface area (Å²) < 4.78 is 104. The summed E-state index contributed by atoms with van der Waals surface area (Å²) in [4.78, 5) is 0. The van der Waals surface area contributed by atoms with E-state index in [-0.39, 0.29) is 0 Å². The predicted molar refractivity (Wildman–Crippen MR) is 55.5 cm³/mol. The van der Waals surface area contributed by atoms with Gasteiger partial charge in [0.15, 0.2) is 23.3 Å². The van der Waals surface area contributed by atoms with Gasteiger partial charge in [-0.2, -0.15) is 13.2 Å². The lowest BCUT2D eigenvalue weighted by Crippen LogP contribution is -2.10. The highest BCUT2D eigenvalue weighted by atomic mass is 19.4. The summed E-state index contributed by atoms with van der Waals surface area (Å²) >= 11 is 0. The maximum absolute atomic E-state index is 13.6. The minimum Gasteiger partial charge on any atom is -0.203 e. The highest BCUT2D eigenvalue weighted by Crippen LogP contribution is 2.40. The van der Waals surface area contributed by atoms with Crippen molar-refractivity contribution < 1.29 is 35.1 Å². The van der Waals surface area contributed by atoms with E-state index in [2.05, 4.69) is 0 Å². The Morgan fingerprint density at radius 2 is 1.24 bits per heavy atom. The second-order valence-electron chi connectivity index (χ2n) is 3.91. The van der Waals surface area contributed by atoms with Crippen LogP contribution in [-0.2, 0) is 6.18 Å². The van der Waals surface area contributed by atoms with Crippen LogP contribution in [0, 0.1) is 35.2 Å². The Kier molecular flexibility index (Phi) is 3.65. The van der Waals surface area contributed by atoms with Crippen LogP contribution >= 0.6 is 0 Å². The highest BCUT2D eigenvalue weighted by Gasteiger charge is 2.36. The average Bonchev–Trinajstić information content (AvgIpc) is 2.43. The molecule has 2 aromatic rings. The molecule has 0 aliphatic heterocycles. The summed E-state index contributed by atoms with van der Waals surface area (Å²) in [6.45, 7) is 0. The quantitative estimate of drug-likeness (QED) is 0.400. The van der Waals surface area contributed by atoms with Crippen LogP contribution in [0.1, 0.15) is 5.56 Å². The third-order valence-electron chi connectivity index (χ3n) is 2.65. The molecule has 0 heterocycles. The fraction of sp³-hybridized carbons (Fsp3) is 0.0769. The first kappa shape index (κ1) is 15.3. The van der Waals surface area contributed by atoms with Crippen LogP contribution in [0.2, 0.25) is 0 Å². The van der Waals surface area contributed by atoms with Crippen molar-refractivity contribution in [1.82, 2.24) is 0 Å². The van der Waals surface area contributed by atoms with Crippen LogP contribution in [0.15, 0.2) is 18.2 Å². The molecule has 2 rings (SSSR count). The second kappa shape index (κ2) is 5.01. The topological polar surface area (TPSA) is 0 Å². The molecule has 0 atom stereocenters. The van der Waals surface area contributed by atoms with E-state index in [1.165, 1.54) is 0 Å². The zero-order chi connectivity index (χ0) is 15.9. The van der Waals surface area contributed by atoms with Gasteiger partial charge in [0.05, 0.1) is 11.1 Å². The smallest absolute Gasteiger partial charge is 0.203 e. The largest absolute Gasteiger partial charge is 0.417 e. The van der Waals surface area contributed by atoms with E-state index < -0.39 is 52.0 Å². The number of alkyl halides is 3. The molecule has 8 heteroatoms. The Labute approximate surface area is 112 Å². The van der Waals surface area contributed by atoms with E-state index >= 15 is 0 Å². The Hall–Kier alpha value is -2.12. The van der Waals surface area contributed by atoms with E-state index in [9.17, 15) is 35.1 Å². The molecule has 0 unspecified atom stereocenters. The third kappa shape index (κ3) is 2.45. The van der Waals surface area contributed by atoms with Gasteiger partial charge >= 0.3 is 6.18 Å². The molecular weight excluding hydrogens is 308 g/mol. The summed E-state index contributed by atoms with van der Waals surface area (Å²) in [7, 11) is 0. The van der Waals surface area contributed by atoms with Crippen LogP contribution in [0.5, 0.6) is 0 Å². The third-order valence-corrected chi connectivity index (χ3v) is 2.65. The van der Waals surface area contributed by atoms with E-state index in [0.29, 0.717) is 12.1 Å². The van der Waals surface area contributed by atoms with Crippen LogP contribution in [-0.4, -0.2) is 0 Å². The van der Waals surface area contributed by atoms with E-state index in [1.807, 2.05) is 6.07 Å². The van der Waals surface area contributed by atoms with Gasteiger partial charge in [-0.05, 0) is 12.1 Å². The van der Waals surface area contributed by atoms with Crippen molar-refractivity contribution in [2.45, 2.75) is 6.18 Å². The van der Waals surface area contributed by atoms with E-state index in [1.54, 1.807) is 0 Å². The van der Waals surface area contributed by atoms with Crippen LogP contribution in [0.25, 0.3) is 11.1 Å². The molecule has 0 N–H and O–H groups in total. The van der Waals surface area contributed by atoms with Gasteiger partial charge in [-0.3, -0.25) is 0 Å². The molecular formula is C13H3F8. The zero-order valence-electron chi connectivity index (χ0n) is 9.76. The molecule has 1 radical (unpaired) electrons. The molecule has 0 saturated heterocycles. The fourth-order valence-corrected chi connectivity index (χ4v) is 1.72. The van der Waals surface area contributed by atoms with Gasteiger partial charge in [-0.1, -0.05) is 12.1 Å². The van der Waals surface area contributed by atoms with E-state index in [4.69, 9.17) is 0 Å². The number of halogens is 8. The first-order valence-electron chi connectivity index (χ1n) is 5.25. The molecule has 0 nitrogen and oxygen atoms in total. The lowest BCUT2D eigenvalue weighted by Gasteiger charge is -2.14. The molecule has 0 amide bonds. The number of benzene rings is 2. The molecule has 0 spiro atoms. The predicted octanol–water partition coefficient (Wildman–Crippen LogP) is 4.87. The molecule has 0 fully saturated rings. The van der Waals surface area contributed by atoms with Crippen molar-refractivity contribution in [3.8, 4) is 11.1 Å². The maximum atomic E-state index is 13.6. The SMILES string of the molecule is Fc1c(F)c(F)c(-c2cc[c]cc2C(F)(F)F)c(F)c1F. The van der Waals surface area contributed by atoms with Gasteiger partial charge < -0.3 is 0 Å². The summed E-state index contributed by atoms with van der Waals surface area (Å²) in [5, 5.41) is 0. The first-order valence-corrected chi connectivity index (χ1v) is 5.25. The highest BCUT2D eigenvalue weighted by molar-refractivity contribution is 5.69. The van der Waals surface area contributed by atoms with Gasteiger partial charge in [0, 0.05) is 5.56 Å². The van der Waals surface area contributed by atoms with Crippen LogP contribution in [0.3, 0.4) is 0 Å². The maximum Gasteiger partial charge on any atom is 0.417 e. The van der Waals surface area contributed by atoms with Gasteiger partial charge in [-0.15, -0.1) is 0 Å². The Balaban J connectivity index is 2.87. The number of hydrogen-bond donors (Lipinski definition) is 0. The van der Waals surface area contributed by atoms with Crippen molar-refractivity contribution in [1.29, 1.82) is 0 Å². The van der Waals surface area contributed by atoms with Crippen LogP contribution < -0.4 is 0 Å². The molecule has 0 aliphatic rings. The first-order chi connectivity index (χ1) is 9.66. The fourth-order valence-electron chi connectivity index (χ4n) is 1.72. The van der Waals surface area contributed by atoms with E-state index in [0.717, 1.165) is 6.07 Å². The summed E-state index contributed by atoms with van der Waals surface area (Å²) in [6, 6.07) is 3.82. The molecule has 2 aromatic carbocycles. The Morgan fingerprint density at radius 1 is 0.762 bits per heavy atom. The summed E-state index contributed by atoms with van der Waals surface area (Å²) in [5.74, 6) is -11.7. The number of hydrogen-bond acceptors (Lipinski definition) is 0. The lowest BCUT2D eigenvalue weighted by molar-refractivity contribution is -0.137.